The third kappa shape index (κ3) is 2.88. The molecule has 22 heavy (non-hydrogen) atoms. The highest BCUT2D eigenvalue weighted by Crippen LogP contribution is 2.54. The summed E-state index contributed by atoms with van der Waals surface area (Å²) in [7, 11) is 0. The molecule has 1 saturated carbocycles. The van der Waals surface area contributed by atoms with Gasteiger partial charge in [0.15, 0.2) is 0 Å². The number of hydrogen-bond acceptors (Lipinski definition) is 4. The van der Waals surface area contributed by atoms with Crippen molar-refractivity contribution in [2.45, 2.75) is 46.8 Å². The van der Waals surface area contributed by atoms with Crippen LogP contribution >= 0.6 is 12.4 Å². The zero-order chi connectivity index (χ0) is 15.8. The summed E-state index contributed by atoms with van der Waals surface area (Å²) in [5.74, 6) is 1.28. The maximum atomic E-state index is 9.09. The molecule has 0 bridgehead atoms. The number of rotatable bonds is 4. The van der Waals surface area contributed by atoms with Crippen LogP contribution in [0.3, 0.4) is 0 Å². The van der Waals surface area contributed by atoms with Crippen molar-refractivity contribution < 1.29 is 9.47 Å². The largest absolute Gasteiger partial charge is 0.492 e. The molecule has 0 unspecified atom stereocenters. The van der Waals surface area contributed by atoms with Crippen molar-refractivity contribution in [2.75, 3.05) is 6.61 Å². The molecular weight excluding hydrogens is 300 g/mol. The lowest BCUT2D eigenvalue weighted by Crippen LogP contribution is -2.72. The van der Waals surface area contributed by atoms with E-state index in [9.17, 15) is 0 Å². The van der Waals surface area contributed by atoms with E-state index < -0.39 is 0 Å². The van der Waals surface area contributed by atoms with Crippen LogP contribution in [0.1, 0.15) is 40.2 Å². The van der Waals surface area contributed by atoms with Crippen molar-refractivity contribution in [1.29, 1.82) is 5.26 Å². The highest BCUT2D eigenvalue weighted by atomic mass is 35.5. The number of benzene rings is 1. The Bertz CT molecular complexity index is 563. The quantitative estimate of drug-likeness (QED) is 0.920. The summed E-state index contributed by atoms with van der Waals surface area (Å²) in [6.45, 7) is 10.9. The minimum absolute atomic E-state index is 0. The second-order valence-electron chi connectivity index (χ2n) is 6.82. The molecule has 122 valence electrons. The average Bonchev–Trinajstić information content (AvgIpc) is 2.44. The van der Waals surface area contributed by atoms with Crippen molar-refractivity contribution in [2.24, 2.45) is 16.6 Å². The van der Waals surface area contributed by atoms with Crippen LogP contribution in [-0.4, -0.2) is 18.8 Å². The second-order valence-corrected chi connectivity index (χ2v) is 6.82. The van der Waals surface area contributed by atoms with E-state index in [4.69, 9.17) is 20.5 Å². The number of hydrogen-bond donors (Lipinski definition) is 1. The molecule has 1 aromatic rings. The van der Waals surface area contributed by atoms with Gasteiger partial charge in [0.2, 0.25) is 0 Å². The van der Waals surface area contributed by atoms with Gasteiger partial charge in [0, 0.05) is 22.9 Å². The Hall–Kier alpha value is -1.44. The normalized spacial score (nSPS) is 24.4. The molecule has 1 aliphatic rings. The zero-order valence-corrected chi connectivity index (χ0v) is 14.7. The fraction of sp³-hybridized carbons (Fsp3) is 0.588. The molecule has 0 atom stereocenters. The summed E-state index contributed by atoms with van der Waals surface area (Å²) < 4.78 is 11.7. The Kier molecular flexibility index (Phi) is 5.38. The Morgan fingerprint density at radius 1 is 1.23 bits per heavy atom. The first-order chi connectivity index (χ1) is 9.75. The summed E-state index contributed by atoms with van der Waals surface area (Å²) in [6.07, 6.45) is 0.0300. The summed E-state index contributed by atoms with van der Waals surface area (Å²) in [6, 6.07) is 7.57. The molecule has 0 heterocycles. The summed E-state index contributed by atoms with van der Waals surface area (Å²) >= 11 is 0. The topological polar surface area (TPSA) is 68.3 Å². The number of nitrogens with zero attached hydrogens (tertiary/aromatic N) is 1. The molecule has 0 saturated heterocycles. The Morgan fingerprint density at radius 2 is 1.82 bits per heavy atom. The molecule has 1 aromatic carbocycles. The fourth-order valence-corrected chi connectivity index (χ4v) is 3.53. The van der Waals surface area contributed by atoms with Gasteiger partial charge in [-0.2, -0.15) is 5.26 Å². The molecule has 2 N–H and O–H groups in total. The molecule has 0 radical (unpaired) electrons. The number of ether oxygens (including phenoxy) is 2. The molecule has 0 aromatic heterocycles. The van der Waals surface area contributed by atoms with Crippen molar-refractivity contribution in [3.63, 3.8) is 0 Å². The van der Waals surface area contributed by atoms with Crippen LogP contribution in [0.4, 0.5) is 0 Å². The Labute approximate surface area is 139 Å². The van der Waals surface area contributed by atoms with E-state index in [-0.39, 0.29) is 35.4 Å². The molecule has 0 amide bonds. The Morgan fingerprint density at radius 3 is 2.32 bits per heavy atom. The van der Waals surface area contributed by atoms with Gasteiger partial charge < -0.3 is 15.2 Å². The maximum Gasteiger partial charge on any atom is 0.140 e. The number of nitriles is 1. The van der Waals surface area contributed by atoms with Gasteiger partial charge in [-0.3, -0.25) is 0 Å². The molecule has 4 nitrogen and oxygen atoms in total. The number of halogens is 1. The predicted octanol–water partition coefficient (Wildman–Crippen LogP) is 3.52. The third-order valence-electron chi connectivity index (χ3n) is 4.58. The first-order valence-corrected chi connectivity index (χ1v) is 7.34. The second kappa shape index (κ2) is 6.36. The molecule has 2 rings (SSSR count). The van der Waals surface area contributed by atoms with Crippen LogP contribution in [0.5, 0.6) is 11.5 Å². The van der Waals surface area contributed by atoms with Gasteiger partial charge in [-0.1, -0.05) is 27.7 Å². The highest BCUT2D eigenvalue weighted by molar-refractivity contribution is 5.85. The van der Waals surface area contributed by atoms with Gasteiger partial charge in [-0.05, 0) is 19.1 Å². The first kappa shape index (κ1) is 18.6. The van der Waals surface area contributed by atoms with E-state index in [1.165, 1.54) is 0 Å². The maximum absolute atomic E-state index is 9.09. The van der Waals surface area contributed by atoms with Crippen molar-refractivity contribution in [3.05, 3.63) is 23.8 Å². The standard InChI is InChI=1S/C17H24N2O2.ClH/c1-6-20-13-9-12(8-7-11(13)10-18)21-15-16(2,3)14(19)17(15,4)5;/h7-9,14-15H,6,19H2,1-5H3;1H. The predicted molar refractivity (Wildman–Crippen MR) is 89.5 cm³/mol. The van der Waals surface area contributed by atoms with E-state index in [1.807, 2.05) is 13.0 Å². The highest BCUT2D eigenvalue weighted by Gasteiger charge is 2.61. The van der Waals surface area contributed by atoms with E-state index in [0.29, 0.717) is 17.9 Å². The lowest BCUT2D eigenvalue weighted by Gasteiger charge is -2.61. The molecular formula is C17H25ClN2O2. The molecule has 0 spiro atoms. The zero-order valence-electron chi connectivity index (χ0n) is 13.8. The first-order valence-electron chi connectivity index (χ1n) is 7.34. The van der Waals surface area contributed by atoms with Crippen molar-refractivity contribution >= 4 is 12.4 Å². The van der Waals surface area contributed by atoms with Crippen LogP contribution < -0.4 is 15.2 Å². The Balaban J connectivity index is 0.00000242. The minimum Gasteiger partial charge on any atom is -0.492 e. The third-order valence-corrected chi connectivity index (χ3v) is 4.58. The molecule has 0 aliphatic heterocycles. The monoisotopic (exact) mass is 324 g/mol. The molecule has 1 aliphatic carbocycles. The van der Waals surface area contributed by atoms with Gasteiger partial charge >= 0.3 is 0 Å². The number of nitrogens with two attached hydrogens (primary N) is 1. The fourth-order valence-electron chi connectivity index (χ4n) is 3.53. The van der Waals surface area contributed by atoms with E-state index >= 15 is 0 Å². The van der Waals surface area contributed by atoms with Gasteiger partial charge in [0.25, 0.3) is 0 Å². The lowest BCUT2D eigenvalue weighted by molar-refractivity contribution is -0.155. The van der Waals surface area contributed by atoms with Gasteiger partial charge in [0.05, 0.1) is 12.2 Å². The molecule has 5 heteroatoms. The van der Waals surface area contributed by atoms with Crippen molar-refractivity contribution in [1.82, 2.24) is 0 Å². The lowest BCUT2D eigenvalue weighted by atomic mass is 9.50. The van der Waals surface area contributed by atoms with Gasteiger partial charge in [0.1, 0.15) is 23.7 Å². The molecule has 1 fully saturated rings. The van der Waals surface area contributed by atoms with Gasteiger partial charge in [-0.25, -0.2) is 0 Å². The van der Waals surface area contributed by atoms with E-state index in [1.54, 1.807) is 12.1 Å². The van der Waals surface area contributed by atoms with Crippen LogP contribution in [0.2, 0.25) is 0 Å². The van der Waals surface area contributed by atoms with Crippen LogP contribution in [0, 0.1) is 22.2 Å². The summed E-state index contributed by atoms with van der Waals surface area (Å²) in [4.78, 5) is 0. The van der Waals surface area contributed by atoms with Crippen LogP contribution in [-0.2, 0) is 0 Å². The smallest absolute Gasteiger partial charge is 0.140 e. The minimum atomic E-state index is -0.0802. The van der Waals surface area contributed by atoms with Crippen molar-refractivity contribution in [3.8, 4) is 17.6 Å². The van der Waals surface area contributed by atoms with E-state index in [0.717, 1.165) is 5.75 Å². The van der Waals surface area contributed by atoms with Gasteiger partial charge in [-0.15, -0.1) is 12.4 Å². The van der Waals surface area contributed by atoms with Crippen LogP contribution in [0.25, 0.3) is 0 Å². The summed E-state index contributed by atoms with van der Waals surface area (Å²) in [5.41, 5.74) is 6.61. The average molecular weight is 325 g/mol. The SMILES string of the molecule is CCOc1cc(OC2C(C)(C)C(N)C2(C)C)ccc1C#N.Cl. The summed E-state index contributed by atoms with van der Waals surface area (Å²) in [5, 5.41) is 9.09. The van der Waals surface area contributed by atoms with E-state index in [2.05, 4.69) is 33.8 Å². The van der Waals surface area contributed by atoms with Crippen LogP contribution in [0.15, 0.2) is 18.2 Å².